The molecule has 0 saturated heterocycles. The fourth-order valence-corrected chi connectivity index (χ4v) is 5.05. The van der Waals surface area contributed by atoms with Crippen LogP contribution in [0.15, 0.2) is 77.3 Å². The highest BCUT2D eigenvalue weighted by Gasteiger charge is 2.45. The molecule has 3 aromatic rings. The van der Waals surface area contributed by atoms with Gasteiger partial charge in [-0.3, -0.25) is 0 Å². The molecule has 33 heavy (non-hydrogen) atoms. The van der Waals surface area contributed by atoms with E-state index in [1.54, 1.807) is 12.1 Å². The summed E-state index contributed by atoms with van der Waals surface area (Å²) in [5, 5.41) is 10.0. The molecule has 3 aromatic carbocycles. The summed E-state index contributed by atoms with van der Waals surface area (Å²) in [6.45, 7) is -0.440. The van der Waals surface area contributed by atoms with Crippen molar-refractivity contribution in [3.63, 3.8) is 0 Å². The minimum absolute atomic E-state index is 0.0759. The third-order valence-corrected chi connectivity index (χ3v) is 6.34. The van der Waals surface area contributed by atoms with E-state index in [4.69, 9.17) is 0 Å². The van der Waals surface area contributed by atoms with Crippen LogP contribution in [-0.2, 0) is 11.8 Å². The van der Waals surface area contributed by atoms with Gasteiger partial charge in [0.25, 0.3) is 0 Å². The first-order chi connectivity index (χ1) is 15.7. The first kappa shape index (κ1) is 23.6. The molecule has 1 unspecified atom stereocenters. The Balaban J connectivity index is 1.85. The monoisotopic (exact) mass is 523 g/mol. The summed E-state index contributed by atoms with van der Waals surface area (Å²) < 4.78 is 57.0. The quantitative estimate of drug-likeness (QED) is 0.384. The fourth-order valence-electron chi connectivity index (χ4n) is 4.60. The van der Waals surface area contributed by atoms with E-state index in [9.17, 15) is 22.7 Å². The fraction of sp³-hybridized carbons (Fsp3) is 0.280. The molecule has 2 atom stereocenters. The third-order valence-electron chi connectivity index (χ3n) is 5.85. The molecule has 1 aliphatic rings. The third kappa shape index (κ3) is 5.17. The highest BCUT2D eigenvalue weighted by molar-refractivity contribution is 9.10. The minimum atomic E-state index is -4.80. The Morgan fingerprint density at radius 1 is 1.03 bits per heavy atom. The number of alkyl halides is 4. The lowest BCUT2D eigenvalue weighted by atomic mass is 9.71. The van der Waals surface area contributed by atoms with Crippen molar-refractivity contribution in [1.82, 2.24) is 0 Å². The predicted octanol–water partition coefficient (Wildman–Crippen LogP) is 6.03. The van der Waals surface area contributed by atoms with Crippen molar-refractivity contribution in [2.24, 2.45) is 0 Å². The maximum Gasteiger partial charge on any atom is 0.573 e. The van der Waals surface area contributed by atoms with Crippen LogP contribution >= 0.6 is 15.9 Å². The SMILES string of the molecule is O[C@@H](CF)CN1CC(Cc2cccc(Br)c2)(c2cccc(OC(F)(F)F)c2)c2ccccc21. The average molecular weight is 524 g/mol. The van der Waals surface area contributed by atoms with Crippen molar-refractivity contribution in [1.29, 1.82) is 0 Å². The standard InChI is InChI=1S/C25H22BrF4NO2/c26-19-7-3-5-17(11-19)13-24(18-6-4-8-21(12-18)33-25(28,29)30)16-31(15-20(32)14-27)23-10-2-1-9-22(23)24/h1-12,20,32H,13-16H2/t20-,24?/m0/s1. The van der Waals surface area contributed by atoms with Crippen LogP contribution in [0, 0.1) is 0 Å². The maximum atomic E-state index is 13.1. The second kappa shape index (κ2) is 9.35. The molecule has 0 aromatic heterocycles. The van der Waals surface area contributed by atoms with Gasteiger partial charge in [-0.25, -0.2) is 4.39 Å². The maximum absolute atomic E-state index is 13.1. The number of fused-ring (bicyclic) bond motifs is 1. The Labute approximate surface area is 197 Å². The van der Waals surface area contributed by atoms with Gasteiger partial charge in [-0.1, -0.05) is 58.4 Å². The second-order valence-electron chi connectivity index (χ2n) is 8.17. The van der Waals surface area contributed by atoms with E-state index in [0.29, 0.717) is 18.5 Å². The Morgan fingerprint density at radius 3 is 2.52 bits per heavy atom. The number of hydrogen-bond donors (Lipinski definition) is 1. The van der Waals surface area contributed by atoms with Gasteiger partial charge in [0.15, 0.2) is 0 Å². The van der Waals surface area contributed by atoms with E-state index >= 15 is 0 Å². The molecular formula is C25H22BrF4NO2. The number of benzene rings is 3. The molecule has 0 spiro atoms. The van der Waals surface area contributed by atoms with Gasteiger partial charge in [-0.05, 0) is 53.4 Å². The van der Waals surface area contributed by atoms with Gasteiger partial charge in [-0.15, -0.1) is 13.2 Å². The molecule has 1 N–H and O–H groups in total. The van der Waals surface area contributed by atoms with Crippen LogP contribution in [0.1, 0.15) is 16.7 Å². The summed E-state index contributed by atoms with van der Waals surface area (Å²) in [4.78, 5) is 1.90. The molecule has 1 aliphatic heterocycles. The van der Waals surface area contributed by atoms with E-state index in [1.165, 1.54) is 12.1 Å². The molecule has 0 aliphatic carbocycles. The summed E-state index contributed by atoms with van der Waals surface area (Å²) in [6.07, 6.45) is -5.48. The zero-order valence-electron chi connectivity index (χ0n) is 17.5. The molecule has 0 fully saturated rings. The average Bonchev–Trinajstić information content (AvgIpc) is 3.07. The number of ether oxygens (including phenoxy) is 1. The number of halogens is 5. The van der Waals surface area contributed by atoms with Crippen molar-refractivity contribution in [3.05, 3.63) is 94.0 Å². The van der Waals surface area contributed by atoms with Crippen molar-refractivity contribution in [3.8, 4) is 5.75 Å². The second-order valence-corrected chi connectivity index (χ2v) is 9.09. The molecule has 0 saturated carbocycles. The van der Waals surface area contributed by atoms with Crippen molar-refractivity contribution < 1.29 is 27.4 Å². The summed E-state index contributed by atoms with van der Waals surface area (Å²) in [5.41, 5.74) is 2.61. The van der Waals surface area contributed by atoms with Crippen LogP contribution in [0.5, 0.6) is 5.75 Å². The number of aliphatic hydroxyl groups excluding tert-OH is 1. The van der Waals surface area contributed by atoms with E-state index in [-0.39, 0.29) is 12.3 Å². The van der Waals surface area contributed by atoms with Crippen LogP contribution in [0.2, 0.25) is 0 Å². The lowest BCUT2D eigenvalue weighted by Gasteiger charge is -2.32. The van der Waals surface area contributed by atoms with Crippen molar-refractivity contribution >= 4 is 21.6 Å². The van der Waals surface area contributed by atoms with Gasteiger partial charge < -0.3 is 14.7 Å². The van der Waals surface area contributed by atoms with Gasteiger partial charge in [0, 0.05) is 28.7 Å². The van der Waals surface area contributed by atoms with Crippen molar-refractivity contribution in [2.45, 2.75) is 24.3 Å². The van der Waals surface area contributed by atoms with Crippen LogP contribution < -0.4 is 9.64 Å². The summed E-state index contributed by atoms with van der Waals surface area (Å²) >= 11 is 3.49. The van der Waals surface area contributed by atoms with Crippen LogP contribution in [-0.4, -0.2) is 37.3 Å². The molecule has 174 valence electrons. The number of anilines is 1. The van der Waals surface area contributed by atoms with E-state index in [2.05, 4.69) is 20.7 Å². The Bertz CT molecular complexity index is 1120. The lowest BCUT2D eigenvalue weighted by Crippen LogP contribution is -2.40. The number of β-amino-alcohol motifs (C(OH)–C–C–N with tert-alkyl or cyclic N) is 1. The van der Waals surface area contributed by atoms with Crippen LogP contribution in [0.4, 0.5) is 23.2 Å². The summed E-state index contributed by atoms with van der Waals surface area (Å²) in [7, 11) is 0. The summed E-state index contributed by atoms with van der Waals surface area (Å²) in [5.74, 6) is -0.298. The van der Waals surface area contributed by atoms with Gasteiger partial charge in [-0.2, -0.15) is 0 Å². The van der Waals surface area contributed by atoms with Gasteiger partial charge in [0.1, 0.15) is 12.4 Å². The summed E-state index contributed by atoms with van der Waals surface area (Å²) in [6, 6.07) is 21.3. The van der Waals surface area contributed by atoms with E-state index in [1.807, 2.05) is 53.4 Å². The molecule has 0 amide bonds. The largest absolute Gasteiger partial charge is 0.573 e. The zero-order valence-corrected chi connectivity index (χ0v) is 19.1. The normalized spacial score (nSPS) is 18.8. The highest BCUT2D eigenvalue weighted by Crippen LogP contribution is 2.48. The predicted molar refractivity (Wildman–Crippen MR) is 122 cm³/mol. The number of hydrogen-bond acceptors (Lipinski definition) is 3. The Morgan fingerprint density at radius 2 is 1.79 bits per heavy atom. The number of para-hydroxylation sites is 1. The molecule has 1 heterocycles. The minimum Gasteiger partial charge on any atom is -0.406 e. The number of rotatable bonds is 7. The Kier molecular flexibility index (Phi) is 6.68. The molecular weight excluding hydrogens is 502 g/mol. The Hall–Kier alpha value is -2.58. The van der Waals surface area contributed by atoms with E-state index < -0.39 is 24.6 Å². The van der Waals surface area contributed by atoms with Crippen molar-refractivity contribution in [2.75, 3.05) is 24.7 Å². The van der Waals surface area contributed by atoms with Gasteiger partial charge in [0.2, 0.25) is 0 Å². The molecule has 3 nitrogen and oxygen atoms in total. The molecule has 0 bridgehead atoms. The number of aliphatic hydroxyl groups is 1. The van der Waals surface area contributed by atoms with Gasteiger partial charge in [0.05, 0.1) is 6.10 Å². The lowest BCUT2D eigenvalue weighted by molar-refractivity contribution is -0.274. The van der Waals surface area contributed by atoms with Gasteiger partial charge >= 0.3 is 6.36 Å². The van der Waals surface area contributed by atoms with Crippen LogP contribution in [0.25, 0.3) is 0 Å². The molecule has 0 radical (unpaired) electrons. The molecule has 4 rings (SSSR count). The van der Waals surface area contributed by atoms with E-state index in [0.717, 1.165) is 21.3 Å². The smallest absolute Gasteiger partial charge is 0.406 e. The number of nitrogens with zero attached hydrogens (tertiary/aromatic N) is 1. The van der Waals surface area contributed by atoms with Crippen LogP contribution in [0.3, 0.4) is 0 Å². The zero-order chi connectivity index (χ0) is 23.6. The first-order valence-electron chi connectivity index (χ1n) is 10.4. The highest BCUT2D eigenvalue weighted by atomic mass is 79.9. The molecule has 8 heteroatoms. The topological polar surface area (TPSA) is 32.7 Å². The first-order valence-corrected chi connectivity index (χ1v) is 11.2.